The average Bonchev–Trinajstić information content (AvgIpc) is 3.10. The van der Waals surface area contributed by atoms with Crippen LogP contribution < -0.4 is 5.32 Å². The molecule has 2 N–H and O–H groups in total. The van der Waals surface area contributed by atoms with E-state index in [1.165, 1.54) is 38.5 Å². The number of halogens is 1. The fourth-order valence-electron chi connectivity index (χ4n) is 7.77. The first kappa shape index (κ1) is 19.5. The normalized spacial score (nSPS) is 46.0. The number of nitrogens with zero attached hydrogens (tertiary/aromatic N) is 1. The van der Waals surface area contributed by atoms with E-state index in [-0.39, 0.29) is 35.8 Å². The Balaban J connectivity index is 0.00000180. The molecule has 6 aliphatic rings. The largest absolute Gasteiger partial charge is 0.481 e. The molecule has 1 saturated heterocycles. The smallest absolute Gasteiger partial charge is 0.311 e. The Hall–Kier alpha value is -0.810. The van der Waals surface area contributed by atoms with E-state index in [9.17, 15) is 14.7 Å². The first-order chi connectivity index (χ1) is 12.4. The van der Waals surface area contributed by atoms with E-state index in [1.807, 2.05) is 6.92 Å². The van der Waals surface area contributed by atoms with Gasteiger partial charge in [-0.25, -0.2) is 0 Å². The molecule has 1 heterocycles. The van der Waals surface area contributed by atoms with Crippen molar-refractivity contribution in [1.29, 1.82) is 0 Å². The van der Waals surface area contributed by atoms with Gasteiger partial charge in [0.25, 0.3) is 0 Å². The SMILES string of the molecule is CC(C(=O)NC12CC3CC(CC(C3)C1)C2)N1C[C@@H]2CCC[C@@]2(C(=O)O)C1.Cl. The van der Waals surface area contributed by atoms with Crippen LogP contribution in [0, 0.1) is 29.1 Å². The van der Waals surface area contributed by atoms with Gasteiger partial charge >= 0.3 is 5.97 Å². The summed E-state index contributed by atoms with van der Waals surface area (Å²) in [6.07, 6.45) is 10.4. The predicted molar refractivity (Wildman–Crippen MR) is 105 cm³/mol. The molecule has 6 fully saturated rings. The molecule has 5 nitrogen and oxygen atoms in total. The summed E-state index contributed by atoms with van der Waals surface area (Å²) in [6, 6.07) is -0.218. The van der Waals surface area contributed by atoms with Crippen LogP contribution in [0.4, 0.5) is 0 Å². The van der Waals surface area contributed by atoms with Gasteiger partial charge in [0.1, 0.15) is 0 Å². The molecule has 1 unspecified atom stereocenters. The summed E-state index contributed by atoms with van der Waals surface area (Å²) in [5.41, 5.74) is -0.560. The van der Waals surface area contributed by atoms with Crippen LogP contribution in [0.2, 0.25) is 0 Å². The zero-order valence-electron chi connectivity index (χ0n) is 16.3. The number of aliphatic carboxylic acids is 1. The Morgan fingerprint density at radius 3 is 2.22 bits per heavy atom. The monoisotopic (exact) mass is 396 g/mol. The summed E-state index contributed by atoms with van der Waals surface area (Å²) in [4.78, 5) is 27.2. The molecular weight excluding hydrogens is 364 g/mol. The second-order valence-corrected chi connectivity index (χ2v) is 10.3. The van der Waals surface area contributed by atoms with E-state index in [2.05, 4.69) is 10.2 Å². The molecule has 0 aromatic carbocycles. The van der Waals surface area contributed by atoms with Crippen LogP contribution in [0.5, 0.6) is 0 Å². The van der Waals surface area contributed by atoms with Gasteiger partial charge in [-0.2, -0.15) is 0 Å². The molecule has 1 amide bonds. The van der Waals surface area contributed by atoms with Crippen molar-refractivity contribution < 1.29 is 14.7 Å². The summed E-state index contributed by atoms with van der Waals surface area (Å²) in [5, 5.41) is 13.3. The van der Waals surface area contributed by atoms with Crippen LogP contribution in [0.3, 0.4) is 0 Å². The molecule has 6 rings (SSSR count). The van der Waals surface area contributed by atoms with Gasteiger partial charge < -0.3 is 10.4 Å². The highest BCUT2D eigenvalue weighted by Crippen LogP contribution is 2.55. The molecule has 3 atom stereocenters. The minimum absolute atomic E-state index is 0. The molecule has 0 aromatic rings. The second-order valence-electron chi connectivity index (χ2n) is 10.3. The third kappa shape index (κ3) is 3.00. The third-order valence-corrected chi connectivity index (χ3v) is 8.68. The zero-order valence-corrected chi connectivity index (χ0v) is 17.1. The van der Waals surface area contributed by atoms with Crippen molar-refractivity contribution in [1.82, 2.24) is 10.2 Å². The first-order valence-corrected chi connectivity index (χ1v) is 10.7. The third-order valence-electron chi connectivity index (χ3n) is 8.68. The molecule has 4 bridgehead atoms. The van der Waals surface area contributed by atoms with Crippen molar-refractivity contribution in [3.8, 4) is 0 Å². The van der Waals surface area contributed by atoms with E-state index in [0.29, 0.717) is 6.54 Å². The van der Waals surface area contributed by atoms with Crippen LogP contribution in [0.25, 0.3) is 0 Å². The number of carboxylic acid groups (broad SMARTS) is 1. The molecule has 5 aliphatic carbocycles. The Kier molecular flexibility index (Phi) is 4.78. The maximum atomic E-state index is 13.1. The number of rotatable bonds is 4. The highest BCUT2D eigenvalue weighted by molar-refractivity contribution is 5.85. The number of hydrogen-bond donors (Lipinski definition) is 2. The number of fused-ring (bicyclic) bond motifs is 1. The summed E-state index contributed by atoms with van der Waals surface area (Å²) in [7, 11) is 0. The van der Waals surface area contributed by atoms with Gasteiger partial charge in [-0.1, -0.05) is 6.42 Å². The number of hydrogen-bond acceptors (Lipinski definition) is 3. The fourth-order valence-corrected chi connectivity index (χ4v) is 7.77. The quantitative estimate of drug-likeness (QED) is 0.766. The van der Waals surface area contributed by atoms with Crippen LogP contribution in [0.1, 0.15) is 64.7 Å². The van der Waals surface area contributed by atoms with E-state index in [1.54, 1.807) is 0 Å². The molecule has 5 saturated carbocycles. The Morgan fingerprint density at radius 2 is 1.70 bits per heavy atom. The fraction of sp³-hybridized carbons (Fsp3) is 0.905. The molecule has 0 spiro atoms. The van der Waals surface area contributed by atoms with Gasteiger partial charge in [0.15, 0.2) is 0 Å². The number of likely N-dealkylation sites (tertiary alicyclic amines) is 1. The maximum absolute atomic E-state index is 13.1. The second kappa shape index (κ2) is 6.62. The first-order valence-electron chi connectivity index (χ1n) is 10.7. The van der Waals surface area contributed by atoms with Gasteiger partial charge in [-0.15, -0.1) is 12.4 Å². The maximum Gasteiger partial charge on any atom is 0.311 e. The topological polar surface area (TPSA) is 69.6 Å². The molecule has 27 heavy (non-hydrogen) atoms. The van der Waals surface area contributed by atoms with Crippen molar-refractivity contribution in [2.45, 2.75) is 76.3 Å². The van der Waals surface area contributed by atoms with Gasteiger partial charge in [0.05, 0.1) is 11.5 Å². The minimum atomic E-state index is -0.656. The molecular formula is C21H33ClN2O3. The number of nitrogens with one attached hydrogen (secondary N) is 1. The Bertz CT molecular complexity index is 604. The van der Waals surface area contributed by atoms with Crippen LogP contribution in [0.15, 0.2) is 0 Å². The van der Waals surface area contributed by atoms with E-state index >= 15 is 0 Å². The molecule has 1 aliphatic heterocycles. The van der Waals surface area contributed by atoms with Crippen molar-refractivity contribution in [2.75, 3.05) is 13.1 Å². The molecule has 152 valence electrons. The lowest BCUT2D eigenvalue weighted by molar-refractivity contribution is -0.150. The van der Waals surface area contributed by atoms with Gasteiger partial charge in [0, 0.05) is 18.6 Å². The van der Waals surface area contributed by atoms with Crippen LogP contribution >= 0.6 is 12.4 Å². The number of amides is 1. The Labute approximate surface area is 168 Å². The van der Waals surface area contributed by atoms with Gasteiger partial charge in [0.2, 0.25) is 5.91 Å². The average molecular weight is 397 g/mol. The lowest BCUT2D eigenvalue weighted by Gasteiger charge is -2.57. The molecule has 6 heteroatoms. The van der Waals surface area contributed by atoms with Crippen LogP contribution in [-0.4, -0.2) is 46.6 Å². The van der Waals surface area contributed by atoms with Crippen LogP contribution in [-0.2, 0) is 9.59 Å². The van der Waals surface area contributed by atoms with E-state index in [4.69, 9.17) is 0 Å². The summed E-state index contributed by atoms with van der Waals surface area (Å²) in [6.45, 7) is 3.29. The molecule has 0 aromatic heterocycles. The van der Waals surface area contributed by atoms with Crippen molar-refractivity contribution >= 4 is 24.3 Å². The zero-order chi connectivity index (χ0) is 18.1. The summed E-state index contributed by atoms with van der Waals surface area (Å²) < 4.78 is 0. The van der Waals surface area contributed by atoms with E-state index in [0.717, 1.165) is 43.6 Å². The highest BCUT2D eigenvalue weighted by atomic mass is 35.5. The van der Waals surface area contributed by atoms with Crippen molar-refractivity contribution in [3.63, 3.8) is 0 Å². The standard InChI is InChI=1S/C21H32N2O3.ClH/c1-13(23-11-17-3-2-4-21(17,12-23)19(25)26)18(24)22-20-8-14-5-15(9-20)7-16(6-14)10-20;/h13-17H,2-12H2,1H3,(H,22,24)(H,25,26);1H/t13?,14?,15?,16?,17-,20?,21+;/m0./s1. The van der Waals surface area contributed by atoms with Crippen molar-refractivity contribution in [2.24, 2.45) is 29.1 Å². The minimum Gasteiger partial charge on any atom is -0.481 e. The highest BCUT2D eigenvalue weighted by Gasteiger charge is 2.56. The number of carbonyl (C=O) groups excluding carboxylic acids is 1. The number of carbonyl (C=O) groups is 2. The Morgan fingerprint density at radius 1 is 1.11 bits per heavy atom. The summed E-state index contributed by atoms with van der Waals surface area (Å²) in [5.74, 6) is 2.15. The van der Waals surface area contributed by atoms with Crippen molar-refractivity contribution in [3.05, 3.63) is 0 Å². The lowest BCUT2D eigenvalue weighted by Crippen LogP contribution is -2.62. The molecule has 0 radical (unpaired) electrons. The summed E-state index contributed by atoms with van der Waals surface area (Å²) >= 11 is 0. The van der Waals surface area contributed by atoms with E-state index < -0.39 is 11.4 Å². The van der Waals surface area contributed by atoms with Gasteiger partial charge in [-0.05, 0) is 82.0 Å². The van der Waals surface area contributed by atoms with Gasteiger partial charge in [-0.3, -0.25) is 14.5 Å². The number of carboxylic acids is 1. The predicted octanol–water partition coefficient (Wildman–Crippen LogP) is 3.07. The lowest BCUT2D eigenvalue weighted by atomic mass is 9.53.